The van der Waals surface area contributed by atoms with Crippen LogP contribution < -0.4 is 0 Å². The molecule has 2 atom stereocenters. The molecule has 1 heterocycles. The van der Waals surface area contributed by atoms with E-state index < -0.39 is 12.2 Å². The lowest BCUT2D eigenvalue weighted by molar-refractivity contribution is -0.142. The van der Waals surface area contributed by atoms with Gasteiger partial charge in [-0.3, -0.25) is 4.79 Å². The summed E-state index contributed by atoms with van der Waals surface area (Å²) < 4.78 is 4.97. The molecule has 3 nitrogen and oxygen atoms in total. The minimum absolute atomic E-state index is 0.0628. The van der Waals surface area contributed by atoms with Gasteiger partial charge in [-0.2, -0.15) is 0 Å². The molecule has 1 aromatic carbocycles. The van der Waals surface area contributed by atoms with Gasteiger partial charge in [0.2, 0.25) is 0 Å². The third kappa shape index (κ3) is 1.74. The Morgan fingerprint density at radius 1 is 1.36 bits per heavy atom. The van der Waals surface area contributed by atoms with Gasteiger partial charge in [0.05, 0.1) is 6.42 Å². The quantitative estimate of drug-likeness (QED) is 0.721. The average Bonchev–Trinajstić information content (AvgIpc) is 2.47. The van der Waals surface area contributed by atoms with Gasteiger partial charge >= 0.3 is 5.97 Å². The van der Waals surface area contributed by atoms with Crippen LogP contribution in [0.4, 0.5) is 0 Å². The number of hydrogen-bond donors (Lipinski definition) is 1. The number of cyclic esters (lactones) is 1. The minimum Gasteiger partial charge on any atom is -0.455 e. The summed E-state index contributed by atoms with van der Waals surface area (Å²) in [6.45, 7) is 0. The third-order valence-electron chi connectivity index (χ3n) is 2.18. The van der Waals surface area contributed by atoms with Gasteiger partial charge in [0.1, 0.15) is 6.10 Å². The monoisotopic (exact) mass is 212 g/mol. The van der Waals surface area contributed by atoms with Crippen molar-refractivity contribution in [3.05, 3.63) is 34.9 Å². The Morgan fingerprint density at radius 2 is 2.00 bits per heavy atom. The Kier molecular flexibility index (Phi) is 2.44. The number of aliphatic hydroxyl groups is 1. The number of carbonyl (C=O) groups is 1. The van der Waals surface area contributed by atoms with Crippen LogP contribution in [0.5, 0.6) is 0 Å². The molecule has 1 N–H and O–H groups in total. The molecule has 0 amide bonds. The molecule has 1 aromatic rings. The first-order chi connectivity index (χ1) is 6.66. The van der Waals surface area contributed by atoms with Crippen molar-refractivity contribution in [1.29, 1.82) is 0 Å². The highest BCUT2D eigenvalue weighted by atomic mass is 35.5. The SMILES string of the molecule is O=C1C[C@H](O)[C@H](c2ccc(Cl)cc2)O1. The van der Waals surface area contributed by atoms with Crippen molar-refractivity contribution in [1.82, 2.24) is 0 Å². The lowest BCUT2D eigenvalue weighted by Crippen LogP contribution is -2.11. The molecule has 2 rings (SSSR count). The fourth-order valence-corrected chi connectivity index (χ4v) is 1.61. The highest BCUT2D eigenvalue weighted by Gasteiger charge is 2.34. The summed E-state index contributed by atoms with van der Waals surface area (Å²) in [6.07, 6.45) is -1.23. The van der Waals surface area contributed by atoms with Gasteiger partial charge < -0.3 is 9.84 Å². The molecule has 0 unspecified atom stereocenters. The molecule has 4 heteroatoms. The first kappa shape index (κ1) is 9.49. The normalized spacial score (nSPS) is 26.3. The van der Waals surface area contributed by atoms with Crippen LogP contribution in [0.3, 0.4) is 0 Å². The maximum absolute atomic E-state index is 10.9. The molecule has 1 aliphatic heterocycles. The minimum atomic E-state index is -0.747. The Morgan fingerprint density at radius 3 is 2.50 bits per heavy atom. The van der Waals surface area contributed by atoms with Crippen molar-refractivity contribution in [2.75, 3.05) is 0 Å². The second-order valence-corrected chi connectivity index (χ2v) is 3.67. The van der Waals surface area contributed by atoms with Gasteiger partial charge in [0.15, 0.2) is 6.10 Å². The van der Waals surface area contributed by atoms with Crippen LogP contribution in [-0.4, -0.2) is 17.2 Å². The van der Waals surface area contributed by atoms with E-state index in [0.29, 0.717) is 5.02 Å². The summed E-state index contributed by atoms with van der Waals surface area (Å²) >= 11 is 5.71. The summed E-state index contributed by atoms with van der Waals surface area (Å²) in [7, 11) is 0. The molecular weight excluding hydrogens is 204 g/mol. The fourth-order valence-electron chi connectivity index (χ4n) is 1.49. The average molecular weight is 213 g/mol. The number of carbonyl (C=O) groups excluding carboxylic acids is 1. The number of benzene rings is 1. The van der Waals surface area contributed by atoms with Crippen LogP contribution in [0.15, 0.2) is 24.3 Å². The van der Waals surface area contributed by atoms with E-state index in [0.717, 1.165) is 5.56 Å². The molecule has 0 aromatic heterocycles. The third-order valence-corrected chi connectivity index (χ3v) is 2.43. The zero-order valence-electron chi connectivity index (χ0n) is 7.31. The Balaban J connectivity index is 2.23. The first-order valence-electron chi connectivity index (χ1n) is 4.30. The molecule has 1 aliphatic rings. The van der Waals surface area contributed by atoms with Crippen molar-refractivity contribution in [3.63, 3.8) is 0 Å². The maximum Gasteiger partial charge on any atom is 0.309 e. The summed E-state index contributed by atoms with van der Waals surface area (Å²) in [6, 6.07) is 6.90. The number of halogens is 1. The molecule has 74 valence electrons. The van der Waals surface area contributed by atoms with E-state index in [1.54, 1.807) is 24.3 Å². The highest BCUT2D eigenvalue weighted by Crippen LogP contribution is 2.30. The lowest BCUT2D eigenvalue weighted by Gasteiger charge is -2.12. The standard InChI is InChI=1S/C10H9ClO3/c11-7-3-1-6(2-4-7)10-8(12)5-9(13)14-10/h1-4,8,10,12H,5H2/t8-,10-/m0/s1. The predicted octanol–water partition coefficient (Wildman–Crippen LogP) is 1.69. The number of hydrogen-bond acceptors (Lipinski definition) is 3. The topological polar surface area (TPSA) is 46.5 Å². The smallest absolute Gasteiger partial charge is 0.309 e. The zero-order chi connectivity index (χ0) is 10.1. The summed E-state index contributed by atoms with van der Waals surface area (Å²) in [5.41, 5.74) is 0.771. The lowest BCUT2D eigenvalue weighted by atomic mass is 10.0. The number of rotatable bonds is 1. The van der Waals surface area contributed by atoms with Crippen molar-refractivity contribution in [3.8, 4) is 0 Å². The Bertz CT molecular complexity index is 347. The molecule has 1 fully saturated rings. The Labute approximate surface area is 86.3 Å². The van der Waals surface area contributed by atoms with Gasteiger partial charge in [-0.15, -0.1) is 0 Å². The van der Waals surface area contributed by atoms with Gasteiger partial charge in [-0.25, -0.2) is 0 Å². The Hall–Kier alpha value is -1.06. The summed E-state index contributed by atoms with van der Waals surface area (Å²) in [5, 5.41) is 10.1. The van der Waals surface area contributed by atoms with E-state index >= 15 is 0 Å². The van der Waals surface area contributed by atoms with Gasteiger partial charge in [-0.1, -0.05) is 23.7 Å². The zero-order valence-corrected chi connectivity index (χ0v) is 8.07. The van der Waals surface area contributed by atoms with Crippen LogP contribution in [-0.2, 0) is 9.53 Å². The first-order valence-corrected chi connectivity index (χ1v) is 4.67. The second-order valence-electron chi connectivity index (χ2n) is 3.23. The summed E-state index contributed by atoms with van der Waals surface area (Å²) in [4.78, 5) is 10.9. The van der Waals surface area contributed by atoms with Crippen molar-refractivity contribution in [2.24, 2.45) is 0 Å². The van der Waals surface area contributed by atoms with E-state index in [4.69, 9.17) is 16.3 Å². The van der Waals surface area contributed by atoms with E-state index in [2.05, 4.69) is 0 Å². The van der Waals surface area contributed by atoms with E-state index in [1.165, 1.54) is 0 Å². The van der Waals surface area contributed by atoms with Gasteiger partial charge in [0, 0.05) is 5.02 Å². The number of aliphatic hydroxyl groups excluding tert-OH is 1. The molecule has 0 saturated carbocycles. The molecule has 14 heavy (non-hydrogen) atoms. The maximum atomic E-state index is 10.9. The second kappa shape index (κ2) is 3.59. The summed E-state index contributed by atoms with van der Waals surface area (Å²) in [5.74, 6) is -0.363. The molecule has 0 radical (unpaired) electrons. The molecule has 0 spiro atoms. The van der Waals surface area contributed by atoms with Crippen molar-refractivity contribution < 1.29 is 14.6 Å². The molecule has 1 saturated heterocycles. The predicted molar refractivity (Wildman–Crippen MR) is 50.9 cm³/mol. The van der Waals surface area contributed by atoms with Crippen LogP contribution in [0, 0.1) is 0 Å². The van der Waals surface area contributed by atoms with Crippen molar-refractivity contribution in [2.45, 2.75) is 18.6 Å². The van der Waals surface area contributed by atoms with Crippen LogP contribution in [0.2, 0.25) is 5.02 Å². The highest BCUT2D eigenvalue weighted by molar-refractivity contribution is 6.30. The van der Waals surface area contributed by atoms with Crippen LogP contribution >= 0.6 is 11.6 Å². The van der Waals surface area contributed by atoms with Crippen molar-refractivity contribution >= 4 is 17.6 Å². The fraction of sp³-hybridized carbons (Fsp3) is 0.300. The number of esters is 1. The molecule has 0 bridgehead atoms. The van der Waals surface area contributed by atoms with Gasteiger partial charge in [-0.05, 0) is 17.7 Å². The largest absolute Gasteiger partial charge is 0.455 e. The van der Waals surface area contributed by atoms with E-state index in [9.17, 15) is 9.90 Å². The molecular formula is C10H9ClO3. The van der Waals surface area contributed by atoms with Gasteiger partial charge in [0.25, 0.3) is 0 Å². The van der Waals surface area contributed by atoms with Crippen LogP contribution in [0.1, 0.15) is 18.1 Å². The van der Waals surface area contributed by atoms with Crippen LogP contribution in [0.25, 0.3) is 0 Å². The van der Waals surface area contributed by atoms with E-state index in [-0.39, 0.29) is 12.4 Å². The van der Waals surface area contributed by atoms with E-state index in [1.807, 2.05) is 0 Å². The number of ether oxygens (including phenoxy) is 1. The molecule has 0 aliphatic carbocycles.